The summed E-state index contributed by atoms with van der Waals surface area (Å²) in [4.78, 5) is 13.6. The second kappa shape index (κ2) is 9.11. The van der Waals surface area contributed by atoms with Crippen LogP contribution in [0.1, 0.15) is 27.3 Å². The van der Waals surface area contributed by atoms with Gasteiger partial charge in [-0.2, -0.15) is 0 Å². The Hall–Kier alpha value is -2.53. The Morgan fingerprint density at radius 3 is 2.39 bits per heavy atom. The third-order valence-corrected chi connectivity index (χ3v) is 5.85. The van der Waals surface area contributed by atoms with Crippen LogP contribution >= 0.6 is 11.8 Å². The molecule has 5 heteroatoms. The molecule has 3 aromatic rings. The maximum atomic E-state index is 13.0. The van der Waals surface area contributed by atoms with Crippen LogP contribution in [0.4, 0.5) is 4.39 Å². The lowest BCUT2D eigenvalue weighted by molar-refractivity contribution is 0.102. The summed E-state index contributed by atoms with van der Waals surface area (Å²) >= 11 is 1.43. The number of rotatable bonds is 8. The minimum atomic E-state index is -0.268. The van der Waals surface area contributed by atoms with Gasteiger partial charge in [0, 0.05) is 28.4 Å². The summed E-state index contributed by atoms with van der Waals surface area (Å²) in [5.41, 5.74) is 4.08. The van der Waals surface area contributed by atoms with Gasteiger partial charge in [-0.25, -0.2) is 4.39 Å². The first-order valence-corrected chi connectivity index (χ1v) is 10.2. The molecule has 2 aromatic carbocycles. The number of aryl methyl sites for hydroxylation is 2. The number of ether oxygens (including phenoxy) is 1. The van der Waals surface area contributed by atoms with Crippen LogP contribution in [0.5, 0.6) is 5.75 Å². The minimum absolute atomic E-state index is 0.0955. The zero-order valence-electron chi connectivity index (χ0n) is 16.4. The fraction of sp³-hybridized carbons (Fsp3) is 0.261. The molecule has 28 heavy (non-hydrogen) atoms. The molecule has 0 amide bonds. The number of ketones is 1. The molecule has 0 atom stereocenters. The van der Waals surface area contributed by atoms with Crippen molar-refractivity contribution in [3.63, 3.8) is 0 Å². The maximum Gasteiger partial charge on any atom is 0.174 e. The van der Waals surface area contributed by atoms with Crippen LogP contribution in [0.15, 0.2) is 59.5 Å². The summed E-state index contributed by atoms with van der Waals surface area (Å²) < 4.78 is 20.4. The first-order valence-electron chi connectivity index (χ1n) is 9.19. The van der Waals surface area contributed by atoms with Crippen LogP contribution in [-0.4, -0.2) is 23.2 Å². The summed E-state index contributed by atoms with van der Waals surface area (Å²) in [7, 11) is 1.66. The lowest BCUT2D eigenvalue weighted by Crippen LogP contribution is -2.08. The van der Waals surface area contributed by atoms with Crippen molar-refractivity contribution >= 4 is 17.5 Å². The van der Waals surface area contributed by atoms with Crippen molar-refractivity contribution in [2.24, 2.45) is 0 Å². The van der Waals surface area contributed by atoms with E-state index in [2.05, 4.69) is 16.7 Å². The number of aromatic nitrogens is 1. The molecule has 0 radical (unpaired) electrons. The molecule has 0 unspecified atom stereocenters. The standard InChI is InChI=1S/C23H24FNO2S/c1-16-14-22(23(26)15-28-21-10-6-19(24)7-11-21)17(2)25(16)13-12-18-4-8-20(27-3)9-5-18/h4-11,14H,12-13,15H2,1-3H3. The Bertz CT molecular complexity index is 946. The highest BCUT2D eigenvalue weighted by Gasteiger charge is 2.16. The van der Waals surface area contributed by atoms with Crippen molar-refractivity contribution in [3.8, 4) is 5.75 Å². The predicted octanol–water partition coefficient (Wildman–Crippen LogP) is 5.47. The summed E-state index contributed by atoms with van der Waals surface area (Å²) in [5, 5.41) is 0. The molecule has 0 spiro atoms. The molecule has 0 saturated heterocycles. The fourth-order valence-electron chi connectivity index (χ4n) is 3.22. The number of thioether (sulfide) groups is 1. The summed E-state index contributed by atoms with van der Waals surface area (Å²) in [6.45, 7) is 4.85. The number of hydrogen-bond acceptors (Lipinski definition) is 3. The Balaban J connectivity index is 1.64. The van der Waals surface area contributed by atoms with Gasteiger partial charge in [-0.05, 0) is 68.3 Å². The van der Waals surface area contributed by atoms with E-state index >= 15 is 0 Å². The number of Topliss-reactive ketones (excluding diaryl/α,β-unsaturated/α-hetero) is 1. The molecule has 1 aromatic heterocycles. The van der Waals surface area contributed by atoms with E-state index in [1.165, 1.54) is 29.5 Å². The monoisotopic (exact) mass is 397 g/mol. The minimum Gasteiger partial charge on any atom is -0.497 e. The van der Waals surface area contributed by atoms with Crippen LogP contribution in [-0.2, 0) is 13.0 Å². The van der Waals surface area contributed by atoms with E-state index in [-0.39, 0.29) is 11.6 Å². The number of halogens is 1. The Morgan fingerprint density at radius 1 is 1.07 bits per heavy atom. The van der Waals surface area contributed by atoms with Gasteiger partial charge in [-0.15, -0.1) is 11.8 Å². The van der Waals surface area contributed by atoms with Crippen molar-refractivity contribution in [1.29, 1.82) is 0 Å². The van der Waals surface area contributed by atoms with Gasteiger partial charge in [-0.3, -0.25) is 4.79 Å². The molecule has 1 heterocycles. The highest BCUT2D eigenvalue weighted by molar-refractivity contribution is 8.00. The summed E-state index contributed by atoms with van der Waals surface area (Å²) in [6.07, 6.45) is 0.887. The number of carbonyl (C=O) groups is 1. The molecule has 146 valence electrons. The average Bonchev–Trinajstić information content (AvgIpc) is 3.00. The smallest absolute Gasteiger partial charge is 0.174 e. The number of hydrogen-bond donors (Lipinski definition) is 0. The molecule has 0 N–H and O–H groups in total. The van der Waals surface area contributed by atoms with E-state index < -0.39 is 0 Å². The van der Waals surface area contributed by atoms with Crippen LogP contribution in [0, 0.1) is 19.7 Å². The fourth-order valence-corrected chi connectivity index (χ4v) is 4.00. The molecule has 0 bridgehead atoms. The van der Waals surface area contributed by atoms with Crippen LogP contribution in [0.25, 0.3) is 0 Å². The summed E-state index contributed by atoms with van der Waals surface area (Å²) in [5.74, 6) is 1.02. The first-order chi connectivity index (χ1) is 13.5. The summed E-state index contributed by atoms with van der Waals surface area (Å²) in [6, 6.07) is 16.3. The predicted molar refractivity (Wildman–Crippen MR) is 112 cm³/mol. The molecule has 3 nitrogen and oxygen atoms in total. The molecule has 0 aliphatic heterocycles. The topological polar surface area (TPSA) is 31.2 Å². The Morgan fingerprint density at radius 2 is 1.75 bits per heavy atom. The zero-order valence-corrected chi connectivity index (χ0v) is 17.2. The third-order valence-electron chi connectivity index (χ3n) is 4.84. The second-order valence-corrected chi connectivity index (χ2v) is 7.75. The number of carbonyl (C=O) groups excluding carboxylic acids is 1. The normalized spacial score (nSPS) is 10.9. The van der Waals surface area contributed by atoms with E-state index in [0.717, 1.165) is 40.6 Å². The van der Waals surface area contributed by atoms with E-state index in [1.54, 1.807) is 19.2 Å². The molecular formula is C23H24FNO2S. The Kier molecular flexibility index (Phi) is 6.57. The van der Waals surface area contributed by atoms with E-state index in [4.69, 9.17) is 4.74 Å². The van der Waals surface area contributed by atoms with Crippen molar-refractivity contribution in [2.75, 3.05) is 12.9 Å². The van der Waals surface area contributed by atoms with Gasteiger partial charge in [0.1, 0.15) is 11.6 Å². The van der Waals surface area contributed by atoms with Crippen LogP contribution in [0.3, 0.4) is 0 Å². The van der Waals surface area contributed by atoms with Gasteiger partial charge in [0.05, 0.1) is 12.9 Å². The van der Waals surface area contributed by atoms with Crippen molar-refractivity contribution in [2.45, 2.75) is 31.7 Å². The van der Waals surface area contributed by atoms with Gasteiger partial charge in [0.15, 0.2) is 5.78 Å². The molecule has 3 rings (SSSR count). The quantitative estimate of drug-likeness (QED) is 0.373. The van der Waals surface area contributed by atoms with E-state index in [9.17, 15) is 9.18 Å². The van der Waals surface area contributed by atoms with Crippen LogP contribution < -0.4 is 4.74 Å². The first kappa shape index (κ1) is 20.2. The van der Waals surface area contributed by atoms with Gasteiger partial charge in [0.25, 0.3) is 0 Å². The Labute approximate surface area is 169 Å². The lowest BCUT2D eigenvalue weighted by Gasteiger charge is -2.10. The van der Waals surface area contributed by atoms with Gasteiger partial charge < -0.3 is 9.30 Å². The average molecular weight is 398 g/mol. The molecule has 0 saturated carbocycles. The van der Waals surface area contributed by atoms with Gasteiger partial charge in [-0.1, -0.05) is 12.1 Å². The van der Waals surface area contributed by atoms with Crippen LogP contribution in [0.2, 0.25) is 0 Å². The largest absolute Gasteiger partial charge is 0.497 e. The third kappa shape index (κ3) is 4.84. The molecular weight excluding hydrogens is 373 g/mol. The van der Waals surface area contributed by atoms with Crippen molar-refractivity contribution < 1.29 is 13.9 Å². The number of benzene rings is 2. The van der Waals surface area contributed by atoms with Crippen molar-refractivity contribution in [1.82, 2.24) is 4.57 Å². The van der Waals surface area contributed by atoms with Gasteiger partial charge >= 0.3 is 0 Å². The molecule has 0 fully saturated rings. The maximum absolute atomic E-state index is 13.0. The molecule has 0 aliphatic carbocycles. The van der Waals surface area contributed by atoms with E-state index in [1.807, 2.05) is 32.0 Å². The number of methoxy groups -OCH3 is 1. The number of nitrogens with zero attached hydrogens (tertiary/aromatic N) is 1. The highest BCUT2D eigenvalue weighted by atomic mass is 32.2. The lowest BCUT2D eigenvalue weighted by atomic mass is 10.1. The highest BCUT2D eigenvalue weighted by Crippen LogP contribution is 2.23. The second-order valence-electron chi connectivity index (χ2n) is 6.70. The molecule has 0 aliphatic rings. The zero-order chi connectivity index (χ0) is 20.1. The SMILES string of the molecule is COc1ccc(CCn2c(C)cc(C(=O)CSc3ccc(F)cc3)c2C)cc1. The van der Waals surface area contributed by atoms with Gasteiger partial charge in [0.2, 0.25) is 0 Å². The van der Waals surface area contributed by atoms with Crippen molar-refractivity contribution in [3.05, 3.63) is 82.9 Å². The van der Waals surface area contributed by atoms with E-state index in [0.29, 0.717) is 5.75 Å².